The molecule has 3 nitrogen and oxygen atoms in total. The summed E-state index contributed by atoms with van der Waals surface area (Å²) < 4.78 is 20.1. The molecule has 0 bridgehead atoms. The summed E-state index contributed by atoms with van der Waals surface area (Å²) in [6, 6.07) is 0. The Morgan fingerprint density at radius 2 is 1.34 bits per heavy atom. The van der Waals surface area contributed by atoms with Gasteiger partial charge in [0.15, 0.2) is 22.9 Å². The second-order valence-electron chi connectivity index (χ2n) is 14.4. The molecule has 0 aromatic heterocycles. The summed E-state index contributed by atoms with van der Waals surface area (Å²) >= 11 is 0. The number of ether oxygens (including phenoxy) is 1. The molecule has 0 N–H and O–H groups in total. The first kappa shape index (κ1) is 25.2. The van der Waals surface area contributed by atoms with Crippen LogP contribution in [0.4, 0.5) is 0 Å². The van der Waals surface area contributed by atoms with Crippen LogP contribution in [0.3, 0.4) is 0 Å². The first-order valence-electron chi connectivity index (χ1n) is 13.3. The van der Waals surface area contributed by atoms with Crippen molar-refractivity contribution in [2.75, 3.05) is 6.61 Å². The third kappa shape index (κ3) is 4.50. The van der Waals surface area contributed by atoms with Crippen molar-refractivity contribution >= 4 is 16.6 Å². The van der Waals surface area contributed by atoms with Crippen LogP contribution in [0.25, 0.3) is 0 Å². The van der Waals surface area contributed by atoms with Crippen LogP contribution >= 0.6 is 0 Å². The zero-order valence-electron chi connectivity index (χ0n) is 22.5. The van der Waals surface area contributed by atoms with E-state index in [1.54, 1.807) is 0 Å². The van der Waals surface area contributed by atoms with Crippen molar-refractivity contribution in [2.24, 2.45) is 35.5 Å². The predicted molar refractivity (Wildman–Crippen MR) is 139 cm³/mol. The Morgan fingerprint density at radius 1 is 0.719 bits per heavy atom. The van der Waals surface area contributed by atoms with Gasteiger partial charge in [0.1, 0.15) is 0 Å². The maximum absolute atomic E-state index is 6.91. The van der Waals surface area contributed by atoms with Crippen molar-refractivity contribution in [3.05, 3.63) is 12.2 Å². The van der Waals surface area contributed by atoms with Gasteiger partial charge in [0, 0.05) is 18.6 Å². The summed E-state index contributed by atoms with van der Waals surface area (Å²) in [5, 5.41) is 0.506. The minimum Gasteiger partial charge on any atom is -0.414 e. The normalized spacial score (nSPS) is 40.2. The minimum atomic E-state index is -1.84. The van der Waals surface area contributed by atoms with Gasteiger partial charge < -0.3 is 13.6 Å². The Morgan fingerprint density at radius 3 is 1.97 bits per heavy atom. The largest absolute Gasteiger partial charge is 0.414 e. The van der Waals surface area contributed by atoms with Crippen LogP contribution in [0.5, 0.6) is 0 Å². The first-order valence-corrected chi connectivity index (χ1v) is 19.1. The molecular weight excluding hydrogens is 428 g/mol. The number of allylic oxidation sites excluding steroid dienone is 2. The highest BCUT2D eigenvalue weighted by Crippen LogP contribution is 2.58. The Labute approximate surface area is 200 Å². The summed E-state index contributed by atoms with van der Waals surface area (Å²) in [6.07, 6.45) is 10.6. The van der Waals surface area contributed by atoms with Gasteiger partial charge in [-0.15, -0.1) is 0 Å². The van der Waals surface area contributed by atoms with E-state index in [0.717, 1.165) is 30.3 Å². The van der Waals surface area contributed by atoms with Gasteiger partial charge in [-0.1, -0.05) is 53.7 Å². The summed E-state index contributed by atoms with van der Waals surface area (Å²) in [5.41, 5.74) is 0. The van der Waals surface area contributed by atoms with Gasteiger partial charge in [-0.3, -0.25) is 0 Å². The molecule has 0 unspecified atom stereocenters. The Kier molecular flexibility index (Phi) is 6.54. The summed E-state index contributed by atoms with van der Waals surface area (Å²) in [5.74, 6) is 4.32. The Balaban J connectivity index is 1.47. The molecule has 0 aromatic carbocycles. The van der Waals surface area contributed by atoms with Crippen LogP contribution in [0.2, 0.25) is 36.3 Å². The molecule has 1 saturated heterocycles. The monoisotopic (exact) mass is 478 g/mol. The molecule has 1 heterocycles. The van der Waals surface area contributed by atoms with E-state index in [9.17, 15) is 0 Å². The highest BCUT2D eigenvalue weighted by atomic mass is 28.4. The van der Waals surface area contributed by atoms with Gasteiger partial charge >= 0.3 is 0 Å². The molecule has 0 spiro atoms. The molecule has 1 aliphatic heterocycles. The smallest absolute Gasteiger partial charge is 0.195 e. The topological polar surface area (TPSA) is 27.7 Å². The number of fused-ring (bicyclic) bond motifs is 5. The molecule has 184 valence electrons. The van der Waals surface area contributed by atoms with Gasteiger partial charge in [-0.2, -0.15) is 0 Å². The van der Waals surface area contributed by atoms with Crippen molar-refractivity contribution in [3.63, 3.8) is 0 Å². The second-order valence-corrected chi connectivity index (χ2v) is 23.9. The van der Waals surface area contributed by atoms with E-state index in [2.05, 4.69) is 79.9 Å². The Bertz CT molecular complexity index is 717. The molecule has 2 saturated carbocycles. The first-order chi connectivity index (χ1) is 14.6. The highest BCUT2D eigenvalue weighted by Gasteiger charge is 2.56. The SMILES string of the molecule is CC(C)(C)[Si](C)(C)O[C@H]1C[C@H]2[C@@H]3C[C@H]4[C@@H](O[Si](C)(C)C(C)(C)C)OCC[C@H]4[C@@H]3C=C[C@@H]2C1. The number of hydrogen-bond donors (Lipinski definition) is 0. The van der Waals surface area contributed by atoms with E-state index in [1.807, 2.05) is 0 Å². The van der Waals surface area contributed by atoms with Crippen LogP contribution in [-0.2, 0) is 13.6 Å². The molecule has 4 aliphatic rings. The van der Waals surface area contributed by atoms with Gasteiger partial charge in [-0.25, -0.2) is 0 Å². The van der Waals surface area contributed by atoms with E-state index in [0.29, 0.717) is 17.9 Å². The fraction of sp³-hybridized carbons (Fsp3) is 0.926. The van der Waals surface area contributed by atoms with E-state index >= 15 is 0 Å². The lowest BCUT2D eigenvalue weighted by Crippen LogP contribution is -2.49. The zero-order chi connectivity index (χ0) is 23.7. The second kappa shape index (κ2) is 8.32. The minimum absolute atomic E-state index is 0.00720. The lowest BCUT2D eigenvalue weighted by molar-refractivity contribution is -0.163. The highest BCUT2D eigenvalue weighted by molar-refractivity contribution is 6.74. The van der Waals surface area contributed by atoms with E-state index in [1.165, 1.54) is 25.7 Å². The molecule has 5 heteroatoms. The quantitative estimate of drug-likeness (QED) is 0.307. The molecule has 3 fully saturated rings. The van der Waals surface area contributed by atoms with Crippen molar-refractivity contribution < 1.29 is 13.6 Å². The fourth-order valence-electron chi connectivity index (χ4n) is 6.47. The van der Waals surface area contributed by atoms with E-state index in [-0.39, 0.29) is 16.4 Å². The zero-order valence-corrected chi connectivity index (χ0v) is 24.5. The van der Waals surface area contributed by atoms with Crippen molar-refractivity contribution in [1.82, 2.24) is 0 Å². The van der Waals surface area contributed by atoms with Crippen LogP contribution < -0.4 is 0 Å². The van der Waals surface area contributed by atoms with Crippen molar-refractivity contribution in [1.29, 1.82) is 0 Å². The molecular formula is C27H50O3Si2. The van der Waals surface area contributed by atoms with Gasteiger partial charge in [0.25, 0.3) is 0 Å². The standard InChI is InChI=1S/C27H50O3Si2/c1-26(2,3)31(7,8)29-19-15-18-11-12-20-21-13-14-28-25(30-32(9,10)27(4,5)6)24(21)17-23(20)22(18)16-19/h11-12,18-25H,13-17H2,1-10H3/t18-,19-,20+,21+,22-,23-,24-,25-/m1/s1. The maximum Gasteiger partial charge on any atom is 0.195 e. The number of hydrogen-bond acceptors (Lipinski definition) is 3. The lowest BCUT2D eigenvalue weighted by Gasteiger charge is -2.44. The van der Waals surface area contributed by atoms with Crippen LogP contribution in [0.1, 0.15) is 67.2 Å². The van der Waals surface area contributed by atoms with E-state index in [4.69, 9.17) is 13.6 Å². The molecule has 8 atom stereocenters. The summed E-state index contributed by atoms with van der Waals surface area (Å²) in [7, 11) is -3.56. The summed E-state index contributed by atoms with van der Waals surface area (Å²) in [6.45, 7) is 24.5. The van der Waals surface area contributed by atoms with Crippen LogP contribution in [0, 0.1) is 35.5 Å². The van der Waals surface area contributed by atoms with E-state index < -0.39 is 16.6 Å². The average molecular weight is 479 g/mol. The molecule has 4 rings (SSSR count). The molecule has 0 aromatic rings. The Hall–Kier alpha value is 0.0538. The van der Waals surface area contributed by atoms with Crippen molar-refractivity contribution in [3.8, 4) is 0 Å². The maximum atomic E-state index is 6.91. The van der Waals surface area contributed by atoms with Crippen molar-refractivity contribution in [2.45, 2.75) is 116 Å². The third-order valence-corrected chi connectivity index (χ3v) is 19.4. The molecule has 0 radical (unpaired) electrons. The predicted octanol–water partition coefficient (Wildman–Crippen LogP) is 7.61. The van der Waals surface area contributed by atoms with Gasteiger partial charge in [-0.05, 0) is 91.5 Å². The lowest BCUT2D eigenvalue weighted by atomic mass is 9.71. The third-order valence-electron chi connectivity index (χ3n) is 10.4. The molecule has 0 amide bonds. The van der Waals surface area contributed by atoms with Gasteiger partial charge in [0.2, 0.25) is 0 Å². The summed E-state index contributed by atoms with van der Waals surface area (Å²) in [4.78, 5) is 0. The number of rotatable bonds is 4. The van der Waals surface area contributed by atoms with Crippen LogP contribution in [0.15, 0.2) is 12.2 Å². The fourth-order valence-corrected chi connectivity index (χ4v) is 9.03. The molecule has 32 heavy (non-hydrogen) atoms. The molecule has 3 aliphatic carbocycles. The van der Waals surface area contributed by atoms with Crippen LogP contribution in [-0.4, -0.2) is 35.6 Å². The van der Waals surface area contributed by atoms with Gasteiger partial charge in [0.05, 0.1) is 0 Å². The average Bonchev–Trinajstić information content (AvgIpc) is 3.20.